The summed E-state index contributed by atoms with van der Waals surface area (Å²) in [5.41, 5.74) is 0. The van der Waals surface area contributed by atoms with E-state index in [1.807, 2.05) is 0 Å². The minimum Gasteiger partial charge on any atom is -0.378 e. The summed E-state index contributed by atoms with van der Waals surface area (Å²) in [6, 6.07) is 0. The second-order valence-electron chi connectivity index (χ2n) is 6.91. The van der Waals surface area contributed by atoms with Crippen LogP contribution < -0.4 is 0 Å². The Labute approximate surface area is 141 Å². The monoisotopic (exact) mass is 312 g/mol. The van der Waals surface area contributed by atoms with E-state index in [4.69, 9.17) is 4.74 Å². The Balaban J connectivity index is 3.02. The Morgan fingerprint density at radius 3 is 1.23 bits per heavy atom. The van der Waals surface area contributed by atoms with E-state index in [1.165, 1.54) is 89.9 Å². The molecule has 0 aliphatic heterocycles. The van der Waals surface area contributed by atoms with Crippen LogP contribution in [0.4, 0.5) is 0 Å². The van der Waals surface area contributed by atoms with E-state index in [9.17, 15) is 0 Å². The summed E-state index contributed by atoms with van der Waals surface area (Å²) in [5.74, 6) is 0. The molecule has 0 amide bonds. The summed E-state index contributed by atoms with van der Waals surface area (Å²) in [7, 11) is 0. The van der Waals surface area contributed by atoms with Gasteiger partial charge in [-0.2, -0.15) is 0 Å². The summed E-state index contributed by atoms with van der Waals surface area (Å²) >= 11 is 0. The zero-order valence-corrected chi connectivity index (χ0v) is 16.0. The molecule has 0 saturated heterocycles. The minimum absolute atomic E-state index is 0.502. The van der Waals surface area contributed by atoms with Crippen molar-refractivity contribution in [3.63, 3.8) is 0 Å². The van der Waals surface area contributed by atoms with Gasteiger partial charge < -0.3 is 4.74 Å². The van der Waals surface area contributed by atoms with Crippen molar-refractivity contribution >= 4 is 0 Å². The van der Waals surface area contributed by atoms with Crippen molar-refractivity contribution in [2.75, 3.05) is 6.61 Å². The van der Waals surface area contributed by atoms with Crippen LogP contribution in [0.3, 0.4) is 0 Å². The van der Waals surface area contributed by atoms with E-state index < -0.39 is 0 Å². The highest BCUT2D eigenvalue weighted by Crippen LogP contribution is 2.13. The highest BCUT2D eigenvalue weighted by atomic mass is 16.5. The first-order chi connectivity index (χ1) is 10.8. The summed E-state index contributed by atoms with van der Waals surface area (Å²) in [6.07, 6.45) is 22.8. The number of hydrogen-bond acceptors (Lipinski definition) is 1. The number of rotatable bonds is 18. The third-order valence-corrected chi connectivity index (χ3v) is 4.76. The van der Waals surface area contributed by atoms with Gasteiger partial charge in [-0.3, -0.25) is 0 Å². The van der Waals surface area contributed by atoms with Gasteiger partial charge in [0.15, 0.2) is 0 Å². The fourth-order valence-electron chi connectivity index (χ4n) is 3.07. The highest BCUT2D eigenvalue weighted by Gasteiger charge is 2.01. The highest BCUT2D eigenvalue weighted by molar-refractivity contribution is 4.52. The topological polar surface area (TPSA) is 9.23 Å². The second kappa shape index (κ2) is 19.0. The van der Waals surface area contributed by atoms with Crippen LogP contribution in [-0.4, -0.2) is 12.7 Å². The Hall–Kier alpha value is -0.0400. The van der Waals surface area contributed by atoms with Crippen molar-refractivity contribution in [3.8, 4) is 0 Å². The molecular weight excluding hydrogens is 268 g/mol. The molecular formula is C21H44O. The molecule has 0 atom stereocenters. The lowest BCUT2D eigenvalue weighted by Crippen LogP contribution is -2.10. The lowest BCUT2D eigenvalue weighted by molar-refractivity contribution is 0.0457. The summed E-state index contributed by atoms with van der Waals surface area (Å²) < 4.78 is 5.85. The van der Waals surface area contributed by atoms with Crippen molar-refractivity contribution in [1.29, 1.82) is 0 Å². The van der Waals surface area contributed by atoms with E-state index in [-0.39, 0.29) is 0 Å². The summed E-state index contributed by atoms with van der Waals surface area (Å²) in [5, 5.41) is 0. The standard InChI is InChI=1S/C21H44O/c1-4-7-8-9-10-11-12-13-14-15-16-17-18-19-20-22-21(5-2)6-3/h21H,4-20H2,1-3H3. The molecule has 0 aliphatic carbocycles. The Kier molecular flexibility index (Phi) is 19.0. The first kappa shape index (κ1) is 22.0. The number of ether oxygens (including phenoxy) is 1. The molecule has 0 aromatic carbocycles. The Morgan fingerprint density at radius 1 is 0.500 bits per heavy atom. The van der Waals surface area contributed by atoms with E-state index in [1.54, 1.807) is 0 Å². The third-order valence-electron chi connectivity index (χ3n) is 4.76. The smallest absolute Gasteiger partial charge is 0.0569 e. The molecule has 0 unspecified atom stereocenters. The molecule has 0 aromatic heterocycles. The van der Waals surface area contributed by atoms with E-state index in [0.29, 0.717) is 6.10 Å². The van der Waals surface area contributed by atoms with Crippen LogP contribution in [0.5, 0.6) is 0 Å². The molecule has 0 heterocycles. The van der Waals surface area contributed by atoms with Crippen LogP contribution in [0, 0.1) is 0 Å². The molecule has 0 bridgehead atoms. The molecule has 0 N–H and O–H groups in total. The maximum Gasteiger partial charge on any atom is 0.0569 e. The van der Waals surface area contributed by atoms with Crippen molar-refractivity contribution in [2.45, 2.75) is 130 Å². The maximum atomic E-state index is 5.85. The molecule has 1 nitrogen and oxygen atoms in total. The maximum absolute atomic E-state index is 5.85. The zero-order chi connectivity index (χ0) is 16.3. The van der Waals surface area contributed by atoms with Crippen LogP contribution in [-0.2, 0) is 4.74 Å². The average Bonchev–Trinajstić information content (AvgIpc) is 2.55. The van der Waals surface area contributed by atoms with E-state index >= 15 is 0 Å². The van der Waals surface area contributed by atoms with Gasteiger partial charge in [0.05, 0.1) is 6.10 Å². The van der Waals surface area contributed by atoms with Gasteiger partial charge in [-0.15, -0.1) is 0 Å². The Bertz CT molecular complexity index is 186. The second-order valence-corrected chi connectivity index (χ2v) is 6.91. The average molecular weight is 313 g/mol. The first-order valence-corrected chi connectivity index (χ1v) is 10.5. The molecule has 0 spiro atoms. The van der Waals surface area contributed by atoms with Crippen molar-refractivity contribution in [3.05, 3.63) is 0 Å². The van der Waals surface area contributed by atoms with Crippen LogP contribution in [0.15, 0.2) is 0 Å². The molecule has 0 aromatic rings. The largest absolute Gasteiger partial charge is 0.378 e. The van der Waals surface area contributed by atoms with Gasteiger partial charge in [0.25, 0.3) is 0 Å². The quantitative estimate of drug-likeness (QED) is 0.236. The Morgan fingerprint density at radius 2 is 0.864 bits per heavy atom. The van der Waals surface area contributed by atoms with Crippen molar-refractivity contribution in [2.24, 2.45) is 0 Å². The van der Waals surface area contributed by atoms with E-state index in [2.05, 4.69) is 20.8 Å². The fourth-order valence-corrected chi connectivity index (χ4v) is 3.07. The van der Waals surface area contributed by atoms with Gasteiger partial charge in [0.2, 0.25) is 0 Å². The molecule has 0 fully saturated rings. The van der Waals surface area contributed by atoms with Gasteiger partial charge in [0.1, 0.15) is 0 Å². The van der Waals surface area contributed by atoms with Crippen LogP contribution in [0.1, 0.15) is 124 Å². The van der Waals surface area contributed by atoms with Crippen LogP contribution in [0.2, 0.25) is 0 Å². The predicted octanol–water partition coefficient (Wildman–Crippen LogP) is 7.67. The van der Waals surface area contributed by atoms with Crippen LogP contribution in [0.25, 0.3) is 0 Å². The number of unbranched alkanes of at least 4 members (excludes halogenated alkanes) is 13. The third kappa shape index (κ3) is 16.3. The molecule has 0 radical (unpaired) electrons. The molecule has 0 saturated carbocycles. The molecule has 134 valence electrons. The SMILES string of the molecule is CCCCCCCCCCCCCCCCOC(CC)CC. The molecule has 22 heavy (non-hydrogen) atoms. The van der Waals surface area contributed by atoms with Gasteiger partial charge in [0, 0.05) is 6.61 Å². The normalized spacial score (nSPS) is 11.5. The van der Waals surface area contributed by atoms with Crippen LogP contribution >= 0.6 is 0 Å². The van der Waals surface area contributed by atoms with Gasteiger partial charge in [-0.05, 0) is 19.3 Å². The van der Waals surface area contributed by atoms with Gasteiger partial charge in [-0.25, -0.2) is 0 Å². The molecule has 0 rings (SSSR count). The lowest BCUT2D eigenvalue weighted by Gasteiger charge is -2.13. The van der Waals surface area contributed by atoms with Crippen molar-refractivity contribution < 1.29 is 4.74 Å². The fraction of sp³-hybridized carbons (Fsp3) is 1.00. The van der Waals surface area contributed by atoms with Crippen molar-refractivity contribution in [1.82, 2.24) is 0 Å². The number of hydrogen-bond donors (Lipinski definition) is 0. The summed E-state index contributed by atoms with van der Waals surface area (Å²) in [4.78, 5) is 0. The molecule has 0 aliphatic rings. The minimum atomic E-state index is 0.502. The first-order valence-electron chi connectivity index (χ1n) is 10.5. The predicted molar refractivity (Wildman–Crippen MR) is 101 cm³/mol. The summed E-state index contributed by atoms with van der Waals surface area (Å²) in [6.45, 7) is 7.71. The lowest BCUT2D eigenvalue weighted by atomic mass is 10.0. The molecule has 1 heteroatoms. The van der Waals surface area contributed by atoms with Gasteiger partial charge in [-0.1, -0.05) is 104 Å². The van der Waals surface area contributed by atoms with Gasteiger partial charge >= 0.3 is 0 Å². The zero-order valence-electron chi connectivity index (χ0n) is 16.0. The van der Waals surface area contributed by atoms with E-state index in [0.717, 1.165) is 19.4 Å².